The van der Waals surface area contributed by atoms with Crippen molar-refractivity contribution < 1.29 is 34.4 Å². The molecule has 0 bridgehead atoms. The second-order valence-corrected chi connectivity index (χ2v) is 9.79. The highest BCUT2D eigenvalue weighted by Crippen LogP contribution is 2.13. The molecule has 0 saturated carbocycles. The number of carbonyl (C=O) groups excluding carboxylic acids is 2. The van der Waals surface area contributed by atoms with E-state index in [9.17, 15) is 24.9 Å². The molecule has 0 aromatic carbocycles. The van der Waals surface area contributed by atoms with E-state index in [0.29, 0.717) is 25.7 Å². The van der Waals surface area contributed by atoms with E-state index in [0.717, 1.165) is 64.2 Å². The van der Waals surface area contributed by atoms with Gasteiger partial charge in [0, 0.05) is 12.8 Å². The first-order valence-corrected chi connectivity index (χ1v) is 14.4. The summed E-state index contributed by atoms with van der Waals surface area (Å²) in [5, 5.41) is 29.5. The van der Waals surface area contributed by atoms with E-state index in [1.807, 2.05) is 6.08 Å². The maximum Gasteiger partial charge on any atom is 0.306 e. The molecule has 0 aromatic heterocycles. The van der Waals surface area contributed by atoms with Gasteiger partial charge in [0.1, 0.15) is 6.61 Å². The number of allylic oxidation sites excluding steroid dienone is 1. The zero-order valence-corrected chi connectivity index (χ0v) is 23.0. The third kappa shape index (κ3) is 21.8. The lowest BCUT2D eigenvalue weighted by Crippen LogP contribution is -2.28. The van der Waals surface area contributed by atoms with Gasteiger partial charge in [-0.3, -0.25) is 9.59 Å². The van der Waals surface area contributed by atoms with Crippen molar-refractivity contribution in [1.29, 1.82) is 0 Å². The topological polar surface area (TPSA) is 113 Å². The van der Waals surface area contributed by atoms with Gasteiger partial charge in [-0.15, -0.1) is 0 Å². The van der Waals surface area contributed by atoms with Crippen molar-refractivity contribution in [3.8, 4) is 0 Å². The Morgan fingerprint density at radius 1 is 0.722 bits per heavy atom. The Labute approximate surface area is 219 Å². The van der Waals surface area contributed by atoms with Crippen LogP contribution in [0.5, 0.6) is 0 Å². The average molecular weight is 515 g/mol. The molecular weight excluding hydrogens is 460 g/mol. The molecule has 3 N–H and O–H groups in total. The summed E-state index contributed by atoms with van der Waals surface area (Å²) < 4.78 is 10.4. The van der Waals surface area contributed by atoms with Gasteiger partial charge in [-0.05, 0) is 38.5 Å². The fraction of sp³-hybridized carbons (Fsp3) is 0.862. The van der Waals surface area contributed by atoms with Gasteiger partial charge in [0.2, 0.25) is 0 Å². The molecule has 0 aliphatic carbocycles. The molecule has 0 aromatic rings. The second kappa shape index (κ2) is 25.2. The molecule has 7 nitrogen and oxygen atoms in total. The number of rotatable bonds is 25. The standard InChI is InChI=1S/C29H54O7/c1-3-5-7-9-12-15-19-26(31)27(32)20-16-13-10-14-17-21-28(33)35-24-25(23-30)36-29(34)22-18-11-8-6-4-2/h12,15,25-27,30-32H,3-11,13-14,16-24H2,1-2H3/b15-12-/t25-,26+,27+/m0/s1. The van der Waals surface area contributed by atoms with Crippen LogP contribution < -0.4 is 0 Å². The van der Waals surface area contributed by atoms with Gasteiger partial charge >= 0.3 is 11.9 Å². The Bertz CT molecular complexity index is 550. The van der Waals surface area contributed by atoms with Crippen molar-refractivity contribution >= 4 is 11.9 Å². The van der Waals surface area contributed by atoms with E-state index < -0.39 is 18.3 Å². The third-order valence-electron chi connectivity index (χ3n) is 6.26. The maximum atomic E-state index is 11.9. The number of carbonyl (C=O) groups is 2. The highest BCUT2D eigenvalue weighted by molar-refractivity contribution is 5.70. The van der Waals surface area contributed by atoms with Gasteiger partial charge in [0.25, 0.3) is 0 Å². The number of unbranched alkanes of at least 4 members (excludes halogenated alkanes) is 11. The van der Waals surface area contributed by atoms with Gasteiger partial charge in [-0.25, -0.2) is 0 Å². The molecule has 212 valence electrons. The van der Waals surface area contributed by atoms with Crippen LogP contribution in [0.2, 0.25) is 0 Å². The van der Waals surface area contributed by atoms with Crippen LogP contribution in [0.4, 0.5) is 0 Å². The number of hydrogen-bond acceptors (Lipinski definition) is 7. The van der Waals surface area contributed by atoms with Crippen molar-refractivity contribution in [2.75, 3.05) is 13.2 Å². The molecule has 0 fully saturated rings. The first kappa shape index (κ1) is 34.6. The lowest BCUT2D eigenvalue weighted by Gasteiger charge is -2.16. The third-order valence-corrected chi connectivity index (χ3v) is 6.26. The van der Waals surface area contributed by atoms with E-state index >= 15 is 0 Å². The molecule has 0 spiro atoms. The molecule has 0 aliphatic rings. The zero-order valence-electron chi connectivity index (χ0n) is 23.0. The van der Waals surface area contributed by atoms with Crippen LogP contribution in [0.3, 0.4) is 0 Å². The van der Waals surface area contributed by atoms with E-state index in [1.165, 1.54) is 19.3 Å². The maximum absolute atomic E-state index is 11.9. The molecule has 0 saturated heterocycles. The average Bonchev–Trinajstić information content (AvgIpc) is 2.87. The monoisotopic (exact) mass is 514 g/mol. The lowest BCUT2D eigenvalue weighted by atomic mass is 10.0. The fourth-order valence-corrected chi connectivity index (χ4v) is 3.87. The SMILES string of the molecule is CCCCC/C=C\C[C@@H](O)[C@H](O)CCCCCCCC(=O)OC[C@H](CO)OC(=O)CCCCCCC. The highest BCUT2D eigenvalue weighted by Gasteiger charge is 2.16. The summed E-state index contributed by atoms with van der Waals surface area (Å²) >= 11 is 0. The highest BCUT2D eigenvalue weighted by atomic mass is 16.6. The van der Waals surface area contributed by atoms with Crippen LogP contribution in [0.1, 0.15) is 129 Å². The molecular formula is C29H54O7. The van der Waals surface area contributed by atoms with Crippen LogP contribution in [0.15, 0.2) is 12.2 Å². The molecule has 0 rings (SSSR count). The van der Waals surface area contributed by atoms with Crippen LogP contribution in [0.25, 0.3) is 0 Å². The first-order valence-electron chi connectivity index (χ1n) is 14.4. The Morgan fingerprint density at radius 3 is 1.97 bits per heavy atom. The summed E-state index contributed by atoms with van der Waals surface area (Å²) in [6.07, 6.45) is 17.6. The van der Waals surface area contributed by atoms with Gasteiger partial charge in [0.15, 0.2) is 6.10 Å². The fourth-order valence-electron chi connectivity index (χ4n) is 3.87. The van der Waals surface area contributed by atoms with E-state index in [-0.39, 0.29) is 31.6 Å². The molecule has 0 heterocycles. The molecule has 0 unspecified atom stereocenters. The van der Waals surface area contributed by atoms with Gasteiger partial charge < -0.3 is 24.8 Å². The Morgan fingerprint density at radius 2 is 1.31 bits per heavy atom. The largest absolute Gasteiger partial charge is 0.462 e. The summed E-state index contributed by atoms with van der Waals surface area (Å²) in [4.78, 5) is 23.8. The molecule has 0 aliphatic heterocycles. The van der Waals surface area contributed by atoms with Crippen LogP contribution in [-0.4, -0.2) is 58.8 Å². The Balaban J connectivity index is 3.75. The summed E-state index contributed by atoms with van der Waals surface area (Å²) in [7, 11) is 0. The summed E-state index contributed by atoms with van der Waals surface area (Å²) in [6.45, 7) is 3.82. The number of ether oxygens (including phenoxy) is 2. The zero-order chi connectivity index (χ0) is 26.9. The van der Waals surface area contributed by atoms with Gasteiger partial charge in [-0.2, -0.15) is 0 Å². The van der Waals surface area contributed by atoms with Gasteiger partial charge in [-0.1, -0.05) is 90.2 Å². The predicted molar refractivity (Wildman–Crippen MR) is 144 cm³/mol. The lowest BCUT2D eigenvalue weighted by molar-refractivity contribution is -0.161. The van der Waals surface area contributed by atoms with Crippen LogP contribution in [-0.2, 0) is 19.1 Å². The predicted octanol–water partition coefficient (Wildman–Crippen LogP) is 5.77. The van der Waals surface area contributed by atoms with Crippen molar-refractivity contribution in [3.05, 3.63) is 12.2 Å². The summed E-state index contributed by atoms with van der Waals surface area (Å²) in [6, 6.07) is 0. The van der Waals surface area contributed by atoms with Crippen molar-refractivity contribution in [1.82, 2.24) is 0 Å². The molecule has 7 heteroatoms. The number of aliphatic hydroxyl groups is 3. The number of aliphatic hydroxyl groups excluding tert-OH is 3. The molecule has 3 atom stereocenters. The van der Waals surface area contributed by atoms with E-state index in [1.54, 1.807) is 0 Å². The number of hydrogen-bond donors (Lipinski definition) is 3. The second-order valence-electron chi connectivity index (χ2n) is 9.79. The quantitative estimate of drug-likeness (QED) is 0.0804. The minimum Gasteiger partial charge on any atom is -0.462 e. The molecule has 36 heavy (non-hydrogen) atoms. The smallest absolute Gasteiger partial charge is 0.306 e. The summed E-state index contributed by atoms with van der Waals surface area (Å²) in [5.74, 6) is -0.719. The Hall–Kier alpha value is -1.44. The van der Waals surface area contributed by atoms with Crippen LogP contribution >= 0.6 is 0 Å². The minimum atomic E-state index is -0.810. The summed E-state index contributed by atoms with van der Waals surface area (Å²) in [5.41, 5.74) is 0. The van der Waals surface area contributed by atoms with E-state index in [4.69, 9.17) is 9.47 Å². The Kier molecular flexibility index (Phi) is 24.2. The van der Waals surface area contributed by atoms with Crippen molar-refractivity contribution in [2.45, 2.75) is 148 Å². The van der Waals surface area contributed by atoms with Gasteiger partial charge in [0.05, 0.1) is 18.8 Å². The molecule has 0 radical (unpaired) electrons. The van der Waals surface area contributed by atoms with Crippen molar-refractivity contribution in [2.24, 2.45) is 0 Å². The van der Waals surface area contributed by atoms with Crippen molar-refractivity contribution in [3.63, 3.8) is 0 Å². The number of esters is 2. The minimum absolute atomic E-state index is 0.120. The normalized spacial score (nSPS) is 14.0. The molecule has 0 amide bonds. The first-order chi connectivity index (χ1) is 17.4. The van der Waals surface area contributed by atoms with E-state index in [2.05, 4.69) is 19.9 Å². The van der Waals surface area contributed by atoms with Crippen LogP contribution in [0, 0.1) is 0 Å².